The summed E-state index contributed by atoms with van der Waals surface area (Å²) in [6.45, 7) is 6.10. The van der Waals surface area contributed by atoms with Crippen molar-refractivity contribution < 1.29 is 27.6 Å². The molecule has 0 saturated heterocycles. The third kappa shape index (κ3) is 5.89. The number of nitrogens with one attached hydrogen (secondary N) is 2. The number of ether oxygens (including phenoxy) is 1. The van der Waals surface area contributed by atoms with Crippen molar-refractivity contribution in [1.29, 1.82) is 5.26 Å². The number of aromatic nitrogens is 1. The van der Waals surface area contributed by atoms with E-state index in [1.807, 2.05) is 25.3 Å². The molecule has 33 heavy (non-hydrogen) atoms. The lowest BCUT2D eigenvalue weighted by Gasteiger charge is -2.17. The van der Waals surface area contributed by atoms with E-state index in [1.165, 1.54) is 6.08 Å². The number of nitro groups is 1. The standard InChI is InChI=1S/C21H22F3N5O4/c1-12-7-15(14(3)28(12)13(2)11-33-4)8-16(10-25)20(30)27-26-18-6-5-17(21(22,23)24)9-19(18)29(31)32/h5-9,13,26H,11H2,1-4H3,(H,27,30)/b16-8+. The molecular weight excluding hydrogens is 443 g/mol. The molecule has 2 aromatic rings. The highest BCUT2D eigenvalue weighted by Gasteiger charge is 2.33. The fraction of sp³-hybridized carbons (Fsp3) is 0.333. The van der Waals surface area contributed by atoms with Gasteiger partial charge in [-0.15, -0.1) is 0 Å². The van der Waals surface area contributed by atoms with E-state index in [9.17, 15) is 33.3 Å². The molecular formula is C21H22F3N5O4. The first-order valence-corrected chi connectivity index (χ1v) is 9.61. The molecule has 0 fully saturated rings. The average molecular weight is 465 g/mol. The number of aryl methyl sites for hydroxylation is 1. The monoisotopic (exact) mass is 465 g/mol. The van der Waals surface area contributed by atoms with Gasteiger partial charge in [-0.1, -0.05) is 0 Å². The number of hydrogen-bond acceptors (Lipinski definition) is 6. The van der Waals surface area contributed by atoms with Crippen molar-refractivity contribution in [3.63, 3.8) is 0 Å². The zero-order valence-electron chi connectivity index (χ0n) is 18.3. The zero-order valence-corrected chi connectivity index (χ0v) is 18.3. The van der Waals surface area contributed by atoms with Gasteiger partial charge < -0.3 is 9.30 Å². The summed E-state index contributed by atoms with van der Waals surface area (Å²) in [5.41, 5.74) is 3.86. The Bertz CT molecular complexity index is 1130. The Morgan fingerprint density at radius 1 is 1.36 bits per heavy atom. The Hall–Kier alpha value is -3.85. The normalized spacial score (nSPS) is 12.7. The Labute approximate surface area is 187 Å². The van der Waals surface area contributed by atoms with Crippen molar-refractivity contribution in [2.24, 2.45) is 0 Å². The summed E-state index contributed by atoms with van der Waals surface area (Å²) in [6, 6.07) is 5.37. The molecule has 1 aromatic heterocycles. The predicted molar refractivity (Wildman–Crippen MR) is 114 cm³/mol. The summed E-state index contributed by atoms with van der Waals surface area (Å²) in [6.07, 6.45) is -3.41. The van der Waals surface area contributed by atoms with E-state index < -0.39 is 28.3 Å². The van der Waals surface area contributed by atoms with Gasteiger partial charge in [-0.2, -0.15) is 18.4 Å². The number of carbonyl (C=O) groups excluding carboxylic acids is 1. The van der Waals surface area contributed by atoms with Crippen molar-refractivity contribution >= 4 is 23.4 Å². The number of hydrogen-bond donors (Lipinski definition) is 2. The fourth-order valence-corrected chi connectivity index (χ4v) is 3.40. The molecule has 0 spiro atoms. The number of benzene rings is 1. The van der Waals surface area contributed by atoms with Crippen LogP contribution in [-0.2, 0) is 15.7 Å². The van der Waals surface area contributed by atoms with Crippen LogP contribution < -0.4 is 10.9 Å². The first-order valence-electron chi connectivity index (χ1n) is 9.61. The molecule has 176 valence electrons. The van der Waals surface area contributed by atoms with Gasteiger partial charge in [0.25, 0.3) is 11.6 Å². The number of carbonyl (C=O) groups is 1. The van der Waals surface area contributed by atoms with E-state index >= 15 is 0 Å². The minimum absolute atomic E-state index is 0.0124. The number of hydrazine groups is 1. The minimum Gasteiger partial charge on any atom is -0.383 e. The van der Waals surface area contributed by atoms with Crippen LogP contribution in [0.4, 0.5) is 24.5 Å². The molecule has 2 rings (SSSR count). The summed E-state index contributed by atoms with van der Waals surface area (Å²) in [5, 5.41) is 20.6. The topological polar surface area (TPSA) is 122 Å². The molecule has 0 radical (unpaired) electrons. The number of rotatable bonds is 8. The maximum Gasteiger partial charge on any atom is 0.416 e. The second-order valence-corrected chi connectivity index (χ2v) is 7.24. The van der Waals surface area contributed by atoms with Gasteiger partial charge >= 0.3 is 6.18 Å². The summed E-state index contributed by atoms with van der Waals surface area (Å²) < 4.78 is 45.6. The highest BCUT2D eigenvalue weighted by molar-refractivity contribution is 6.02. The van der Waals surface area contributed by atoms with Gasteiger partial charge in [0, 0.05) is 24.6 Å². The third-order valence-electron chi connectivity index (χ3n) is 4.87. The SMILES string of the molecule is COCC(C)n1c(C)cc(/C=C(\C#N)C(=O)NNc2ccc(C(F)(F)F)cc2[N+](=O)[O-])c1C. The van der Waals surface area contributed by atoms with E-state index in [2.05, 4.69) is 10.9 Å². The van der Waals surface area contributed by atoms with Gasteiger partial charge in [0.15, 0.2) is 0 Å². The molecule has 2 N–H and O–H groups in total. The van der Waals surface area contributed by atoms with E-state index in [-0.39, 0.29) is 17.3 Å². The number of anilines is 1. The Morgan fingerprint density at radius 2 is 2.03 bits per heavy atom. The zero-order chi connectivity index (χ0) is 24.9. The Kier molecular flexibility index (Phi) is 7.84. The first kappa shape index (κ1) is 25.4. The van der Waals surface area contributed by atoms with Crippen molar-refractivity contribution in [3.05, 3.63) is 62.5 Å². The van der Waals surface area contributed by atoms with E-state index in [4.69, 9.17) is 4.74 Å². The summed E-state index contributed by atoms with van der Waals surface area (Å²) in [5.74, 6) is -0.915. The Balaban J connectivity index is 2.27. The number of nitro benzene ring substituents is 1. The highest BCUT2D eigenvalue weighted by Crippen LogP contribution is 2.34. The molecule has 0 bridgehead atoms. The van der Waals surface area contributed by atoms with Crippen LogP contribution in [0.1, 0.15) is 35.5 Å². The number of nitrogens with zero attached hydrogens (tertiary/aromatic N) is 3. The number of amides is 1. The molecule has 0 aliphatic heterocycles. The summed E-state index contributed by atoms with van der Waals surface area (Å²) >= 11 is 0. The van der Waals surface area contributed by atoms with Crippen LogP contribution >= 0.6 is 0 Å². The van der Waals surface area contributed by atoms with Gasteiger partial charge in [0.05, 0.1) is 23.1 Å². The maximum atomic E-state index is 12.8. The van der Waals surface area contributed by atoms with E-state index in [0.29, 0.717) is 24.3 Å². The van der Waals surface area contributed by atoms with Crippen molar-refractivity contribution in [1.82, 2.24) is 9.99 Å². The van der Waals surface area contributed by atoms with Gasteiger partial charge in [-0.05, 0) is 50.6 Å². The lowest BCUT2D eigenvalue weighted by molar-refractivity contribution is -0.384. The van der Waals surface area contributed by atoms with Crippen LogP contribution in [0.15, 0.2) is 29.8 Å². The molecule has 0 aliphatic carbocycles. The van der Waals surface area contributed by atoms with Crippen molar-refractivity contribution in [2.45, 2.75) is 33.0 Å². The molecule has 0 aliphatic rings. The fourth-order valence-electron chi connectivity index (χ4n) is 3.40. The van der Waals surface area contributed by atoms with Crippen LogP contribution in [0, 0.1) is 35.3 Å². The maximum absolute atomic E-state index is 12.8. The number of nitriles is 1. The van der Waals surface area contributed by atoms with Crippen LogP contribution in [-0.4, -0.2) is 29.1 Å². The molecule has 1 atom stereocenters. The van der Waals surface area contributed by atoms with Gasteiger partial charge in [-0.25, -0.2) is 0 Å². The van der Waals surface area contributed by atoms with Crippen LogP contribution in [0.2, 0.25) is 0 Å². The van der Waals surface area contributed by atoms with Crippen LogP contribution in [0.3, 0.4) is 0 Å². The number of halogens is 3. The lowest BCUT2D eigenvalue weighted by atomic mass is 10.1. The summed E-state index contributed by atoms with van der Waals surface area (Å²) in [7, 11) is 1.58. The highest BCUT2D eigenvalue weighted by atomic mass is 19.4. The third-order valence-corrected chi connectivity index (χ3v) is 4.87. The molecule has 9 nitrogen and oxygen atoms in total. The molecule has 1 heterocycles. The first-order chi connectivity index (χ1) is 15.4. The quantitative estimate of drug-likeness (QED) is 0.260. The second-order valence-electron chi connectivity index (χ2n) is 7.24. The van der Waals surface area contributed by atoms with Crippen molar-refractivity contribution in [3.8, 4) is 6.07 Å². The largest absolute Gasteiger partial charge is 0.416 e. The average Bonchev–Trinajstić information content (AvgIpc) is 3.02. The van der Waals surface area contributed by atoms with Gasteiger partial charge in [0.1, 0.15) is 17.3 Å². The van der Waals surface area contributed by atoms with Crippen LogP contribution in [0.5, 0.6) is 0 Å². The van der Waals surface area contributed by atoms with Gasteiger partial charge in [-0.3, -0.25) is 25.8 Å². The Morgan fingerprint density at radius 3 is 2.58 bits per heavy atom. The molecule has 12 heteroatoms. The summed E-state index contributed by atoms with van der Waals surface area (Å²) in [4.78, 5) is 22.6. The second kappa shape index (κ2) is 10.2. The molecule has 1 aromatic carbocycles. The van der Waals surface area contributed by atoms with Gasteiger partial charge in [0.2, 0.25) is 0 Å². The molecule has 1 unspecified atom stereocenters. The molecule has 0 saturated carbocycles. The van der Waals surface area contributed by atoms with E-state index in [0.717, 1.165) is 17.5 Å². The minimum atomic E-state index is -4.77. The van der Waals surface area contributed by atoms with E-state index in [1.54, 1.807) is 19.2 Å². The lowest BCUT2D eigenvalue weighted by Crippen LogP contribution is -2.30. The molecule has 1 amide bonds. The number of methoxy groups -OCH3 is 1. The number of alkyl halides is 3. The van der Waals surface area contributed by atoms with Crippen LogP contribution in [0.25, 0.3) is 6.08 Å². The smallest absolute Gasteiger partial charge is 0.383 e. The predicted octanol–water partition coefficient (Wildman–Crippen LogP) is 4.29. The van der Waals surface area contributed by atoms with Crippen molar-refractivity contribution in [2.75, 3.05) is 19.1 Å².